The van der Waals surface area contributed by atoms with Crippen molar-refractivity contribution in [3.05, 3.63) is 59.0 Å². The minimum absolute atomic E-state index is 0.0171. The molecule has 0 spiro atoms. The number of carbonyl (C=O) groups excluding carboxylic acids is 2. The zero-order valence-electron chi connectivity index (χ0n) is 17.4. The number of anilines is 1. The van der Waals surface area contributed by atoms with Crippen molar-refractivity contribution in [2.45, 2.75) is 32.5 Å². The molecule has 1 aliphatic heterocycles. The number of ether oxygens (including phenoxy) is 1. The van der Waals surface area contributed by atoms with Gasteiger partial charge in [0.25, 0.3) is 5.91 Å². The van der Waals surface area contributed by atoms with E-state index in [2.05, 4.69) is 10.3 Å². The molecule has 1 aromatic carbocycles. The number of aromatic nitrogens is 1. The summed E-state index contributed by atoms with van der Waals surface area (Å²) in [6.45, 7) is 1.52. The number of hydrogen-bond donors (Lipinski definition) is 1. The van der Waals surface area contributed by atoms with Crippen molar-refractivity contribution in [1.82, 2.24) is 10.3 Å². The second-order valence-corrected chi connectivity index (χ2v) is 7.63. The van der Waals surface area contributed by atoms with Gasteiger partial charge in [-0.2, -0.15) is 13.2 Å². The molecular weight excluding hydrogens is 430 g/mol. The quantitative estimate of drug-likeness (QED) is 0.534. The molecule has 1 atom stereocenters. The number of nitrogens with zero attached hydrogens (tertiary/aromatic N) is 2. The molecule has 6 nitrogen and oxygen atoms in total. The molecule has 1 amide bonds. The van der Waals surface area contributed by atoms with Gasteiger partial charge in [0.1, 0.15) is 11.6 Å². The maximum absolute atomic E-state index is 13.6. The van der Waals surface area contributed by atoms with Crippen molar-refractivity contribution in [3.63, 3.8) is 0 Å². The van der Waals surface area contributed by atoms with Gasteiger partial charge in [-0.1, -0.05) is 12.1 Å². The van der Waals surface area contributed by atoms with Gasteiger partial charge in [0.2, 0.25) is 0 Å². The first-order chi connectivity index (χ1) is 15.1. The molecule has 1 N–H and O–H groups in total. The second kappa shape index (κ2) is 9.97. The third kappa shape index (κ3) is 5.95. The fraction of sp³-hybridized carbons (Fsp3) is 0.409. The molecule has 0 bridgehead atoms. The van der Waals surface area contributed by atoms with Gasteiger partial charge >= 0.3 is 12.1 Å². The molecule has 2 aromatic rings. The van der Waals surface area contributed by atoms with E-state index in [4.69, 9.17) is 4.74 Å². The zero-order chi connectivity index (χ0) is 23.3. The van der Waals surface area contributed by atoms with E-state index in [0.29, 0.717) is 30.5 Å². The summed E-state index contributed by atoms with van der Waals surface area (Å²) < 4.78 is 58.5. The largest absolute Gasteiger partial charge is 0.455 e. The molecular formula is C22H23F4N3O3. The normalized spacial score (nSPS) is 16.5. The lowest BCUT2D eigenvalue weighted by Gasteiger charge is -2.33. The summed E-state index contributed by atoms with van der Waals surface area (Å²) in [5.41, 5.74) is 0.191. The second-order valence-electron chi connectivity index (χ2n) is 7.63. The maximum Gasteiger partial charge on any atom is 0.419 e. The topological polar surface area (TPSA) is 71.5 Å². The van der Waals surface area contributed by atoms with Gasteiger partial charge in [-0.3, -0.25) is 9.59 Å². The predicted octanol–water partition coefficient (Wildman–Crippen LogP) is 3.62. The van der Waals surface area contributed by atoms with E-state index in [1.165, 1.54) is 23.2 Å². The van der Waals surface area contributed by atoms with Gasteiger partial charge in [0.05, 0.1) is 11.5 Å². The predicted molar refractivity (Wildman–Crippen MR) is 108 cm³/mol. The van der Waals surface area contributed by atoms with E-state index in [1.807, 2.05) is 0 Å². The maximum atomic E-state index is 13.6. The van der Waals surface area contributed by atoms with Crippen LogP contribution in [0.15, 0.2) is 36.5 Å². The minimum atomic E-state index is -4.56. The fourth-order valence-electron chi connectivity index (χ4n) is 3.48. The standard InChI is InChI=1S/C22H23F4N3O3/c1-14-6-7-15(10-18(14)23)11-28-19(30)13-32-21(31)16-4-3-9-29(12-16)20-17(22(24,25)26)5-2-8-27-20/h2,5-8,10,16H,3-4,9,11-13H2,1H3,(H,28,30). The third-order valence-corrected chi connectivity index (χ3v) is 5.22. The molecule has 1 aliphatic rings. The van der Waals surface area contributed by atoms with E-state index >= 15 is 0 Å². The number of amides is 1. The van der Waals surface area contributed by atoms with Crippen LogP contribution in [0, 0.1) is 18.7 Å². The Kier molecular flexibility index (Phi) is 7.32. The van der Waals surface area contributed by atoms with Crippen molar-refractivity contribution >= 4 is 17.7 Å². The lowest BCUT2D eigenvalue weighted by atomic mass is 9.98. The van der Waals surface area contributed by atoms with Gasteiger partial charge in [0.15, 0.2) is 6.61 Å². The zero-order valence-corrected chi connectivity index (χ0v) is 17.4. The molecule has 0 aliphatic carbocycles. The van der Waals surface area contributed by atoms with Crippen LogP contribution in [-0.2, 0) is 27.0 Å². The van der Waals surface area contributed by atoms with Gasteiger partial charge in [-0.05, 0) is 49.1 Å². The van der Waals surface area contributed by atoms with Crippen LogP contribution in [-0.4, -0.2) is 36.6 Å². The van der Waals surface area contributed by atoms with E-state index in [1.54, 1.807) is 19.1 Å². The number of pyridine rings is 1. The van der Waals surface area contributed by atoms with Crippen LogP contribution in [0.2, 0.25) is 0 Å². The lowest BCUT2D eigenvalue weighted by molar-refractivity contribution is -0.152. The van der Waals surface area contributed by atoms with E-state index in [-0.39, 0.29) is 24.7 Å². The molecule has 1 fully saturated rings. The van der Waals surface area contributed by atoms with Crippen molar-refractivity contribution in [1.29, 1.82) is 0 Å². The minimum Gasteiger partial charge on any atom is -0.455 e. The fourth-order valence-corrected chi connectivity index (χ4v) is 3.48. The van der Waals surface area contributed by atoms with Crippen molar-refractivity contribution in [2.24, 2.45) is 5.92 Å². The third-order valence-electron chi connectivity index (χ3n) is 5.22. The summed E-state index contributed by atoms with van der Waals surface area (Å²) in [5.74, 6) is -2.50. The molecule has 172 valence electrons. The first-order valence-electron chi connectivity index (χ1n) is 10.1. The van der Waals surface area contributed by atoms with Crippen LogP contribution in [0.5, 0.6) is 0 Å². The van der Waals surface area contributed by atoms with Crippen LogP contribution >= 0.6 is 0 Å². The highest BCUT2D eigenvalue weighted by Crippen LogP contribution is 2.36. The molecule has 10 heteroatoms. The number of carbonyl (C=O) groups is 2. The first-order valence-corrected chi connectivity index (χ1v) is 10.1. The van der Waals surface area contributed by atoms with E-state index < -0.39 is 36.1 Å². The number of esters is 1. The van der Waals surface area contributed by atoms with Crippen LogP contribution in [0.4, 0.5) is 23.4 Å². The molecule has 0 radical (unpaired) electrons. The Balaban J connectivity index is 1.52. The number of rotatable bonds is 6. The van der Waals surface area contributed by atoms with Crippen molar-refractivity contribution in [3.8, 4) is 0 Å². The Morgan fingerprint density at radius 1 is 1.28 bits per heavy atom. The first kappa shape index (κ1) is 23.5. The molecule has 2 heterocycles. The van der Waals surface area contributed by atoms with E-state index in [9.17, 15) is 27.2 Å². The summed E-state index contributed by atoms with van der Waals surface area (Å²) in [7, 11) is 0. The summed E-state index contributed by atoms with van der Waals surface area (Å²) in [6, 6.07) is 6.75. The SMILES string of the molecule is Cc1ccc(CNC(=O)COC(=O)C2CCCN(c3ncccc3C(F)(F)F)C2)cc1F. The number of hydrogen-bond acceptors (Lipinski definition) is 5. The van der Waals surface area contributed by atoms with E-state index in [0.717, 1.165) is 6.07 Å². The molecule has 0 saturated carbocycles. The van der Waals surface area contributed by atoms with Crippen LogP contribution in [0.25, 0.3) is 0 Å². The average molecular weight is 453 g/mol. The van der Waals surface area contributed by atoms with Gasteiger partial charge in [-0.15, -0.1) is 0 Å². The van der Waals surface area contributed by atoms with Crippen LogP contribution in [0.1, 0.15) is 29.5 Å². The number of halogens is 4. The summed E-state index contributed by atoms with van der Waals surface area (Å²) in [4.78, 5) is 29.7. The molecule has 1 saturated heterocycles. The van der Waals surface area contributed by atoms with Gasteiger partial charge in [0, 0.05) is 25.8 Å². The number of aryl methyl sites for hydroxylation is 1. The number of alkyl halides is 3. The number of piperidine rings is 1. The number of nitrogens with one attached hydrogen (secondary N) is 1. The Bertz CT molecular complexity index is 981. The number of benzene rings is 1. The van der Waals surface area contributed by atoms with Crippen molar-refractivity contribution < 1.29 is 31.9 Å². The van der Waals surface area contributed by atoms with Gasteiger partial charge < -0.3 is 15.0 Å². The molecule has 32 heavy (non-hydrogen) atoms. The molecule has 1 aromatic heterocycles. The molecule has 3 rings (SSSR count). The Morgan fingerprint density at radius 2 is 2.06 bits per heavy atom. The lowest BCUT2D eigenvalue weighted by Crippen LogP contribution is -2.41. The smallest absolute Gasteiger partial charge is 0.419 e. The van der Waals surface area contributed by atoms with Crippen molar-refractivity contribution in [2.75, 3.05) is 24.6 Å². The highest BCUT2D eigenvalue weighted by atomic mass is 19.4. The summed E-state index contributed by atoms with van der Waals surface area (Å²) in [5, 5.41) is 2.53. The highest BCUT2D eigenvalue weighted by Gasteiger charge is 2.37. The summed E-state index contributed by atoms with van der Waals surface area (Å²) in [6.07, 6.45) is -2.36. The monoisotopic (exact) mass is 453 g/mol. The summed E-state index contributed by atoms with van der Waals surface area (Å²) >= 11 is 0. The Labute approximate surface area is 182 Å². The molecule has 1 unspecified atom stereocenters. The van der Waals surface area contributed by atoms with Crippen LogP contribution < -0.4 is 10.2 Å². The Morgan fingerprint density at radius 3 is 2.78 bits per heavy atom. The van der Waals surface area contributed by atoms with Gasteiger partial charge in [-0.25, -0.2) is 9.37 Å². The average Bonchev–Trinajstić information content (AvgIpc) is 2.77. The Hall–Kier alpha value is -3.17. The highest BCUT2D eigenvalue weighted by molar-refractivity contribution is 5.81. The van der Waals surface area contributed by atoms with Crippen LogP contribution in [0.3, 0.4) is 0 Å².